The fourth-order valence-corrected chi connectivity index (χ4v) is 12.1. The predicted octanol–water partition coefficient (Wildman–Crippen LogP) is 5.10. The van der Waals surface area contributed by atoms with Crippen molar-refractivity contribution in [3.8, 4) is 5.75 Å². The Balaban J connectivity index is 0.000000709. The third kappa shape index (κ3) is 3.92. The van der Waals surface area contributed by atoms with Gasteiger partial charge in [0.1, 0.15) is 0 Å². The van der Waals surface area contributed by atoms with Crippen LogP contribution in [0.3, 0.4) is 0 Å². The SMILES string of the molecule is O=C(O)O.Oc1ccccc1P(c1ccccc1)(c1ccccc1)(c1ccccc1)c1ccccc1. The van der Waals surface area contributed by atoms with E-state index >= 15 is 0 Å². The van der Waals surface area contributed by atoms with Gasteiger partial charge in [0, 0.05) is 0 Å². The summed E-state index contributed by atoms with van der Waals surface area (Å²) in [6.07, 6.45) is -1.83. The first-order chi connectivity index (χ1) is 17.5. The molecule has 3 N–H and O–H groups in total. The maximum absolute atomic E-state index is 11.5. The van der Waals surface area contributed by atoms with Crippen LogP contribution in [0.15, 0.2) is 146 Å². The normalized spacial score (nSPS) is 11.8. The van der Waals surface area contributed by atoms with Gasteiger partial charge in [0.15, 0.2) is 0 Å². The predicted molar refractivity (Wildman–Crippen MR) is 150 cm³/mol. The molecular formula is C31H27O4P. The quantitative estimate of drug-likeness (QED) is 0.297. The molecule has 0 aliphatic heterocycles. The Kier molecular flexibility index (Phi) is 7.19. The molecule has 0 unspecified atom stereocenters. The molecular weight excluding hydrogens is 467 g/mol. The van der Waals surface area contributed by atoms with Gasteiger partial charge in [-0.1, -0.05) is 0 Å². The van der Waals surface area contributed by atoms with E-state index in [1.165, 1.54) is 21.2 Å². The van der Waals surface area contributed by atoms with Crippen LogP contribution in [0.4, 0.5) is 4.79 Å². The zero-order chi connectivity index (χ0) is 25.5. The Hall–Kier alpha value is -4.40. The summed E-state index contributed by atoms with van der Waals surface area (Å²) in [4.78, 5) is 8.56. The summed E-state index contributed by atoms with van der Waals surface area (Å²) in [5.74, 6) is 0.311. The van der Waals surface area contributed by atoms with Gasteiger partial charge in [0.25, 0.3) is 0 Å². The van der Waals surface area contributed by atoms with E-state index in [1.807, 2.05) is 18.2 Å². The zero-order valence-electron chi connectivity index (χ0n) is 19.6. The molecule has 180 valence electrons. The number of carbonyl (C=O) groups is 1. The van der Waals surface area contributed by atoms with Gasteiger partial charge in [-0.3, -0.25) is 0 Å². The Morgan fingerprint density at radius 2 is 0.694 bits per heavy atom. The van der Waals surface area contributed by atoms with Crippen molar-refractivity contribution in [2.45, 2.75) is 0 Å². The van der Waals surface area contributed by atoms with Gasteiger partial charge in [-0.15, -0.1) is 0 Å². The number of rotatable bonds is 5. The van der Waals surface area contributed by atoms with E-state index in [4.69, 9.17) is 15.0 Å². The molecule has 0 aliphatic carbocycles. The molecule has 5 aromatic rings. The van der Waals surface area contributed by atoms with Gasteiger partial charge < -0.3 is 10.2 Å². The number of phenols is 1. The van der Waals surface area contributed by atoms with Crippen LogP contribution in [0, 0.1) is 0 Å². The van der Waals surface area contributed by atoms with Crippen molar-refractivity contribution in [1.29, 1.82) is 0 Å². The van der Waals surface area contributed by atoms with E-state index in [1.54, 1.807) is 0 Å². The molecule has 36 heavy (non-hydrogen) atoms. The molecule has 5 heteroatoms. The van der Waals surface area contributed by atoms with Gasteiger partial charge >= 0.3 is 196 Å². The van der Waals surface area contributed by atoms with Crippen molar-refractivity contribution in [2.75, 3.05) is 0 Å². The fourth-order valence-electron chi connectivity index (χ4n) is 5.20. The van der Waals surface area contributed by atoms with Crippen molar-refractivity contribution in [1.82, 2.24) is 0 Å². The Labute approximate surface area is 210 Å². The second kappa shape index (κ2) is 10.5. The molecule has 0 fully saturated rings. The summed E-state index contributed by atoms with van der Waals surface area (Å²) >= 11 is 0. The van der Waals surface area contributed by atoms with Gasteiger partial charge in [-0.2, -0.15) is 0 Å². The minimum atomic E-state index is -3.56. The molecule has 4 nitrogen and oxygen atoms in total. The Bertz CT molecular complexity index is 1250. The number of hydrogen-bond acceptors (Lipinski definition) is 2. The van der Waals surface area contributed by atoms with Crippen molar-refractivity contribution in [2.24, 2.45) is 0 Å². The van der Waals surface area contributed by atoms with Crippen LogP contribution in [0.5, 0.6) is 5.75 Å². The second-order valence-electron chi connectivity index (χ2n) is 8.23. The van der Waals surface area contributed by atoms with Crippen LogP contribution < -0.4 is 26.5 Å². The van der Waals surface area contributed by atoms with E-state index in [0.717, 1.165) is 5.30 Å². The average Bonchev–Trinajstić information content (AvgIpc) is 2.93. The number of phenolic OH excluding ortho intramolecular Hbond substituents is 1. The summed E-state index contributed by atoms with van der Waals surface area (Å²) < 4.78 is 0. The van der Waals surface area contributed by atoms with Crippen LogP contribution in [0.2, 0.25) is 0 Å². The van der Waals surface area contributed by atoms with Crippen LogP contribution in [-0.2, 0) is 0 Å². The fraction of sp³-hybridized carbons (Fsp3) is 0. The Morgan fingerprint density at radius 1 is 0.444 bits per heavy atom. The molecule has 0 saturated heterocycles. The molecule has 5 rings (SSSR count). The molecule has 0 aliphatic rings. The molecule has 0 bridgehead atoms. The maximum atomic E-state index is 11.5. The third-order valence-electron chi connectivity index (χ3n) is 6.45. The number of aromatic hydroxyl groups is 1. The van der Waals surface area contributed by atoms with Crippen LogP contribution >= 0.6 is 6.60 Å². The summed E-state index contributed by atoms with van der Waals surface area (Å²) in [6.45, 7) is -3.56. The van der Waals surface area contributed by atoms with Gasteiger partial charge in [0.2, 0.25) is 0 Å². The number of carboxylic acid groups (broad SMARTS) is 2. The van der Waals surface area contributed by atoms with Crippen LogP contribution in [-0.4, -0.2) is 21.5 Å². The minimum absolute atomic E-state index is 0.311. The zero-order valence-corrected chi connectivity index (χ0v) is 20.4. The standard InChI is InChI=1S/C30H25OP.CH2O3/c31-29-23-13-14-24-30(29)32(25-15-5-1-6-16-25,26-17-7-2-8-18-26,27-19-9-3-10-20-27)28-21-11-4-12-22-28;2-1(3)4/h1-24,31H;(H2,2,3,4). The molecule has 0 heterocycles. The van der Waals surface area contributed by atoms with E-state index in [9.17, 15) is 5.11 Å². The molecule has 0 aromatic heterocycles. The number of benzene rings is 5. The molecule has 0 radical (unpaired) electrons. The third-order valence-corrected chi connectivity index (χ3v) is 13.1. The first-order valence-corrected chi connectivity index (χ1v) is 13.7. The first kappa shape index (κ1) is 24.7. The molecule has 0 atom stereocenters. The summed E-state index contributed by atoms with van der Waals surface area (Å²) in [6, 6.07) is 50.7. The van der Waals surface area contributed by atoms with E-state index < -0.39 is 12.8 Å². The van der Waals surface area contributed by atoms with Gasteiger partial charge in [0.05, 0.1) is 0 Å². The van der Waals surface area contributed by atoms with Crippen LogP contribution in [0.25, 0.3) is 0 Å². The van der Waals surface area contributed by atoms with Crippen molar-refractivity contribution >= 4 is 39.3 Å². The molecule has 0 amide bonds. The van der Waals surface area contributed by atoms with Crippen molar-refractivity contribution in [3.05, 3.63) is 146 Å². The number of para-hydroxylation sites is 1. The summed E-state index contributed by atoms with van der Waals surface area (Å²) in [5.41, 5.74) is 0. The van der Waals surface area contributed by atoms with Crippen LogP contribution in [0.1, 0.15) is 0 Å². The molecule has 5 aromatic carbocycles. The van der Waals surface area contributed by atoms with E-state index in [0.29, 0.717) is 5.75 Å². The first-order valence-electron chi connectivity index (χ1n) is 11.5. The molecule has 0 saturated carbocycles. The molecule has 0 spiro atoms. The Morgan fingerprint density at radius 3 is 0.972 bits per heavy atom. The summed E-state index contributed by atoms with van der Waals surface area (Å²) in [7, 11) is 0. The van der Waals surface area contributed by atoms with Crippen molar-refractivity contribution < 1.29 is 20.1 Å². The van der Waals surface area contributed by atoms with Gasteiger partial charge in [-0.25, -0.2) is 4.79 Å². The average molecular weight is 495 g/mol. The van der Waals surface area contributed by atoms with E-state index in [-0.39, 0.29) is 0 Å². The van der Waals surface area contributed by atoms with E-state index in [2.05, 4.69) is 127 Å². The number of hydrogen-bond donors (Lipinski definition) is 3. The van der Waals surface area contributed by atoms with Gasteiger partial charge in [-0.05, 0) is 0 Å². The topological polar surface area (TPSA) is 77.8 Å². The monoisotopic (exact) mass is 494 g/mol. The van der Waals surface area contributed by atoms with Crippen molar-refractivity contribution in [3.63, 3.8) is 0 Å². The summed E-state index contributed by atoms with van der Waals surface area (Å²) in [5, 5.41) is 31.2. The second-order valence-corrected chi connectivity index (χ2v) is 13.0.